The number of likely N-dealkylation sites (N-methyl/N-ethyl adjacent to an activating group) is 1. The van der Waals surface area contributed by atoms with Crippen LogP contribution in [0.4, 0.5) is 11.6 Å². The zero-order chi connectivity index (χ0) is 28.0. The number of piperazine rings is 1. The molecule has 1 fully saturated rings. The van der Waals surface area contributed by atoms with Gasteiger partial charge in [0.2, 0.25) is 0 Å². The molecular weight excluding hydrogens is 545 g/mol. The van der Waals surface area contributed by atoms with E-state index in [4.69, 9.17) is 8.22 Å². The lowest BCUT2D eigenvalue weighted by Gasteiger charge is -2.39. The summed E-state index contributed by atoms with van der Waals surface area (Å²) in [5.41, 5.74) is 2.43. The molecule has 0 bridgehead atoms. The van der Waals surface area contributed by atoms with Crippen LogP contribution in [0.5, 0.6) is 0 Å². The van der Waals surface area contributed by atoms with Gasteiger partial charge in [-0.2, -0.15) is 0 Å². The van der Waals surface area contributed by atoms with Crippen LogP contribution in [0, 0.1) is 0 Å². The number of amides is 1. The molecule has 1 amide bonds. The van der Waals surface area contributed by atoms with Crippen LogP contribution in [0.15, 0.2) is 49.1 Å². The number of quaternary nitrogens is 1. The maximum absolute atomic E-state index is 13.1. The number of fused-ring (bicyclic) bond motifs is 1. The van der Waals surface area contributed by atoms with Crippen molar-refractivity contribution in [1.29, 1.82) is 0 Å². The summed E-state index contributed by atoms with van der Waals surface area (Å²) in [6.07, 6.45) is 6.52. The molecule has 1 N–H and O–H groups in total. The number of rotatable bonds is 4. The highest BCUT2D eigenvalue weighted by Crippen LogP contribution is 2.23. The summed E-state index contributed by atoms with van der Waals surface area (Å²) < 4.78 is 47.7. The van der Waals surface area contributed by atoms with Crippen LogP contribution in [-0.4, -0.2) is 80.5 Å². The van der Waals surface area contributed by atoms with Gasteiger partial charge in [0, 0.05) is 36.0 Å². The Morgan fingerprint density at radius 1 is 1.12 bits per heavy atom. The number of nitrogens with one attached hydrogen (secondary N) is 1. The van der Waals surface area contributed by atoms with Crippen molar-refractivity contribution >= 4 is 28.4 Å². The van der Waals surface area contributed by atoms with E-state index in [-0.39, 0.29) is 50.2 Å². The summed E-state index contributed by atoms with van der Waals surface area (Å²) in [6, 6.07) is 6.76. The first-order valence-electron chi connectivity index (χ1n) is 13.4. The smallest absolute Gasteiger partial charge is 0.257 e. The fourth-order valence-electron chi connectivity index (χ4n) is 3.68. The summed E-state index contributed by atoms with van der Waals surface area (Å²) in [5.74, 6) is 0.385. The first-order chi connectivity index (χ1) is 18.4. The van der Waals surface area contributed by atoms with E-state index in [1.54, 1.807) is 53.4 Å². The third-order valence-corrected chi connectivity index (χ3v) is 5.54. The predicted molar refractivity (Wildman–Crippen MR) is 126 cm³/mol. The van der Waals surface area contributed by atoms with Crippen molar-refractivity contribution in [2.24, 2.45) is 7.05 Å². The van der Waals surface area contributed by atoms with Crippen LogP contribution >= 0.6 is 0 Å². The molecule has 5 heterocycles. The minimum atomic E-state index is -2.68. The van der Waals surface area contributed by atoms with Gasteiger partial charge in [-0.3, -0.25) is 14.5 Å². The third kappa shape index (κ3) is 5.14. The van der Waals surface area contributed by atoms with Crippen LogP contribution in [0.3, 0.4) is 0 Å². The van der Waals surface area contributed by atoms with Crippen molar-refractivity contribution < 1.29 is 41.5 Å². The maximum Gasteiger partial charge on any atom is 0.257 e. The summed E-state index contributed by atoms with van der Waals surface area (Å²) >= 11 is 0. The molecular formula is C23H26IN9O. The van der Waals surface area contributed by atoms with Crippen molar-refractivity contribution in [2.45, 2.75) is 0 Å². The highest BCUT2D eigenvalue weighted by molar-refractivity contribution is 6.04. The number of aryl methyl sites for hydroxylation is 1. The van der Waals surface area contributed by atoms with Crippen molar-refractivity contribution in [3.63, 3.8) is 0 Å². The Labute approximate surface area is 223 Å². The molecule has 4 aromatic heterocycles. The fraction of sp³-hybridized carbons (Fsp3) is 0.304. The predicted octanol–water partition coefficient (Wildman–Crippen LogP) is -1.03. The van der Waals surface area contributed by atoms with E-state index in [9.17, 15) is 4.79 Å². The molecule has 0 aromatic carbocycles. The molecule has 0 saturated carbocycles. The van der Waals surface area contributed by atoms with E-state index in [2.05, 4.69) is 30.6 Å². The van der Waals surface area contributed by atoms with E-state index in [0.29, 0.717) is 28.4 Å². The lowest BCUT2D eigenvalue weighted by atomic mass is 10.1. The van der Waals surface area contributed by atoms with Gasteiger partial charge < -0.3 is 38.7 Å². The molecule has 176 valence electrons. The highest BCUT2D eigenvalue weighted by atomic mass is 127. The number of pyridine rings is 3. The Kier molecular flexibility index (Phi) is 4.87. The number of anilines is 2. The minimum absolute atomic E-state index is 0. The molecule has 0 radical (unpaired) electrons. The van der Waals surface area contributed by atoms with Crippen LogP contribution in [-0.2, 0) is 7.05 Å². The molecule has 4 aromatic rings. The topological polar surface area (TPSA) is 102 Å². The summed E-state index contributed by atoms with van der Waals surface area (Å²) in [4.78, 5) is 27.9. The van der Waals surface area contributed by atoms with Gasteiger partial charge in [0.25, 0.3) is 5.91 Å². The normalized spacial score (nSPS) is 18.4. The molecule has 1 aliphatic rings. The van der Waals surface area contributed by atoms with Gasteiger partial charge in [-0.1, -0.05) is 5.21 Å². The van der Waals surface area contributed by atoms with Gasteiger partial charge in [-0.15, -0.1) is 5.10 Å². The first kappa shape index (κ1) is 17.3. The average molecular weight is 577 g/mol. The third-order valence-electron chi connectivity index (χ3n) is 5.54. The van der Waals surface area contributed by atoms with Crippen molar-refractivity contribution in [2.75, 3.05) is 50.3 Å². The molecule has 0 atom stereocenters. The van der Waals surface area contributed by atoms with Gasteiger partial charge in [0.1, 0.15) is 17.3 Å². The van der Waals surface area contributed by atoms with Gasteiger partial charge >= 0.3 is 0 Å². The SMILES string of the molecule is [2H]C([2H])([2H])[N+]1(C([2H])([2H])[2H])CCN(c2cc(C(=O)Nc3cc4cc(-c5cn(C)nn5)cnc4cn3)ccn2)CC1.[I-]. The lowest BCUT2D eigenvalue weighted by Crippen LogP contribution is -3.00. The van der Waals surface area contributed by atoms with Crippen molar-refractivity contribution in [1.82, 2.24) is 29.9 Å². The Balaban J connectivity index is 0.00000370. The molecule has 34 heavy (non-hydrogen) atoms. The largest absolute Gasteiger partial charge is 1.00 e. The van der Waals surface area contributed by atoms with Crippen LogP contribution < -0.4 is 34.2 Å². The first-order valence-corrected chi connectivity index (χ1v) is 10.4. The molecule has 11 heteroatoms. The second-order valence-electron chi connectivity index (χ2n) is 8.02. The molecule has 0 unspecified atom stereocenters. The van der Waals surface area contributed by atoms with E-state index in [0.717, 1.165) is 10.9 Å². The highest BCUT2D eigenvalue weighted by Gasteiger charge is 2.25. The number of hydrogen-bond donors (Lipinski definition) is 1. The number of nitrogens with zero attached hydrogens (tertiary/aromatic N) is 8. The van der Waals surface area contributed by atoms with Crippen LogP contribution in [0.25, 0.3) is 22.2 Å². The molecule has 5 rings (SSSR count). The Bertz CT molecular complexity index is 1520. The molecule has 1 aliphatic heterocycles. The standard InChI is InChI=1S/C23H25N9O.HI/c1-30-15-20(28-29-30)18-10-17-11-21(26-14-19(17)25-13-18)27-23(33)16-4-5-24-22(12-16)31-6-8-32(2,3)9-7-31;/h4-5,10-15H,6-9H2,1-3H3;1H/i2D3,3D3;. The number of hydrogen-bond acceptors (Lipinski definition) is 7. The maximum atomic E-state index is 13.1. The number of carbonyl (C=O) groups is 1. The summed E-state index contributed by atoms with van der Waals surface area (Å²) in [5, 5.41) is 11.6. The number of carbonyl (C=O) groups excluding carboxylic acids is 1. The van der Waals surface area contributed by atoms with Gasteiger partial charge in [0.15, 0.2) is 0 Å². The monoisotopic (exact) mass is 577 g/mol. The van der Waals surface area contributed by atoms with Gasteiger partial charge in [-0.05, 0) is 24.3 Å². The second kappa shape index (κ2) is 9.58. The van der Waals surface area contributed by atoms with E-state index >= 15 is 0 Å². The van der Waals surface area contributed by atoms with Gasteiger partial charge in [-0.25, -0.2) is 9.97 Å². The summed E-state index contributed by atoms with van der Waals surface area (Å²) in [6.45, 7) is -5.22. The zero-order valence-corrected chi connectivity index (χ0v) is 20.5. The quantitative estimate of drug-likeness (QED) is 0.245. The van der Waals surface area contributed by atoms with Crippen LogP contribution in [0.2, 0.25) is 0 Å². The van der Waals surface area contributed by atoms with Crippen LogP contribution in [0.1, 0.15) is 18.6 Å². The molecule has 0 aliphatic carbocycles. The minimum Gasteiger partial charge on any atom is -1.00 e. The van der Waals surface area contributed by atoms with Gasteiger partial charge in [0.05, 0.1) is 66.3 Å². The van der Waals surface area contributed by atoms with Crippen molar-refractivity contribution in [3.05, 3.63) is 54.6 Å². The number of halogens is 1. The molecule has 10 nitrogen and oxygen atoms in total. The lowest BCUT2D eigenvalue weighted by molar-refractivity contribution is -0.890. The Hall–Kier alpha value is -3.19. The summed E-state index contributed by atoms with van der Waals surface area (Å²) in [7, 11) is 1.78. The average Bonchev–Trinajstić information content (AvgIpc) is 3.33. The second-order valence-corrected chi connectivity index (χ2v) is 8.02. The molecule has 1 saturated heterocycles. The van der Waals surface area contributed by atoms with E-state index in [1.807, 2.05) is 6.07 Å². The molecule has 0 spiro atoms. The zero-order valence-electron chi connectivity index (χ0n) is 24.3. The van der Waals surface area contributed by atoms with Crippen molar-refractivity contribution in [3.8, 4) is 11.3 Å². The Morgan fingerprint density at radius 3 is 2.68 bits per heavy atom. The number of aromatic nitrogens is 6. The van der Waals surface area contributed by atoms with E-state index < -0.39 is 24.3 Å². The Morgan fingerprint density at radius 2 is 1.94 bits per heavy atom. The van der Waals surface area contributed by atoms with E-state index in [1.165, 1.54) is 6.20 Å². The fourth-order valence-corrected chi connectivity index (χ4v) is 3.68.